The van der Waals surface area contributed by atoms with E-state index >= 15 is 0 Å². The molecule has 0 aliphatic heterocycles. The van der Waals surface area contributed by atoms with Crippen molar-refractivity contribution in [3.63, 3.8) is 0 Å². The van der Waals surface area contributed by atoms with Gasteiger partial charge >= 0.3 is 0 Å². The average molecular weight is 191 g/mol. The van der Waals surface area contributed by atoms with Gasteiger partial charge in [-0.3, -0.25) is 4.79 Å². The number of halogens is 1. The van der Waals surface area contributed by atoms with Crippen LogP contribution in [-0.4, -0.2) is 10.8 Å². The quantitative estimate of drug-likeness (QED) is 0.691. The number of aromatic amines is 1. The number of aromatic nitrogens is 1. The summed E-state index contributed by atoms with van der Waals surface area (Å²) in [6.45, 7) is 3.29. The second-order valence-electron chi connectivity index (χ2n) is 3.43. The first-order chi connectivity index (χ1) is 6.58. The fourth-order valence-electron chi connectivity index (χ4n) is 1.57. The van der Waals surface area contributed by atoms with Gasteiger partial charge in [0.05, 0.1) is 5.69 Å². The number of carbonyl (C=O) groups is 1. The van der Waals surface area contributed by atoms with Crippen molar-refractivity contribution in [2.75, 3.05) is 0 Å². The predicted molar refractivity (Wildman–Crippen MR) is 53.0 cm³/mol. The number of Topliss-reactive ketones (excluding diaryl/α,β-unsaturated/α-hetero) is 1. The third kappa shape index (κ3) is 1.31. The van der Waals surface area contributed by atoms with Gasteiger partial charge in [-0.15, -0.1) is 0 Å². The molecule has 0 amide bonds. The lowest BCUT2D eigenvalue weighted by atomic mass is 10.1. The number of nitrogens with one attached hydrogen (secondary N) is 1. The first-order valence-corrected chi connectivity index (χ1v) is 4.38. The van der Waals surface area contributed by atoms with Crippen LogP contribution in [0.15, 0.2) is 18.2 Å². The molecule has 1 aromatic carbocycles. The molecule has 0 fully saturated rings. The first kappa shape index (κ1) is 8.94. The van der Waals surface area contributed by atoms with Crippen molar-refractivity contribution >= 4 is 16.7 Å². The van der Waals surface area contributed by atoms with E-state index in [1.807, 2.05) is 6.92 Å². The number of benzene rings is 1. The van der Waals surface area contributed by atoms with Crippen molar-refractivity contribution in [2.24, 2.45) is 0 Å². The van der Waals surface area contributed by atoms with Crippen LogP contribution in [0.3, 0.4) is 0 Å². The Morgan fingerprint density at radius 1 is 1.36 bits per heavy atom. The van der Waals surface area contributed by atoms with Crippen molar-refractivity contribution in [1.29, 1.82) is 0 Å². The van der Waals surface area contributed by atoms with Crippen molar-refractivity contribution in [1.82, 2.24) is 4.98 Å². The smallest absolute Gasteiger partial charge is 0.175 e. The van der Waals surface area contributed by atoms with E-state index < -0.39 is 0 Å². The zero-order valence-electron chi connectivity index (χ0n) is 8.02. The number of H-pyrrole nitrogens is 1. The molecule has 0 saturated heterocycles. The molecule has 0 radical (unpaired) electrons. The van der Waals surface area contributed by atoms with E-state index in [4.69, 9.17) is 0 Å². The number of rotatable bonds is 1. The Bertz CT molecular complexity index is 513. The molecule has 1 aromatic heterocycles. The molecule has 2 rings (SSSR count). The van der Waals surface area contributed by atoms with Crippen LogP contribution in [0.5, 0.6) is 0 Å². The minimum Gasteiger partial charge on any atom is -0.352 e. The van der Waals surface area contributed by atoms with Crippen molar-refractivity contribution in [2.45, 2.75) is 13.8 Å². The molecule has 0 saturated carbocycles. The van der Waals surface area contributed by atoms with Gasteiger partial charge in [0, 0.05) is 17.8 Å². The average Bonchev–Trinajstić information content (AvgIpc) is 2.47. The van der Waals surface area contributed by atoms with Crippen molar-refractivity contribution < 1.29 is 9.18 Å². The minimum absolute atomic E-state index is 0.0407. The van der Waals surface area contributed by atoms with Gasteiger partial charge in [-0.05, 0) is 30.7 Å². The summed E-state index contributed by atoms with van der Waals surface area (Å²) in [5.41, 5.74) is 2.16. The molecule has 2 aromatic rings. The molecular formula is C11H10FNO. The highest BCUT2D eigenvalue weighted by Gasteiger charge is 2.07. The molecule has 0 spiro atoms. The first-order valence-electron chi connectivity index (χ1n) is 4.38. The molecule has 2 nitrogen and oxygen atoms in total. The van der Waals surface area contributed by atoms with Crippen LogP contribution in [0, 0.1) is 12.7 Å². The van der Waals surface area contributed by atoms with Gasteiger partial charge in [0.1, 0.15) is 5.82 Å². The number of aryl methyl sites for hydroxylation is 1. The zero-order chi connectivity index (χ0) is 10.3. The van der Waals surface area contributed by atoms with Gasteiger partial charge in [0.2, 0.25) is 0 Å². The third-order valence-electron chi connectivity index (χ3n) is 2.27. The van der Waals surface area contributed by atoms with E-state index in [-0.39, 0.29) is 11.6 Å². The lowest BCUT2D eigenvalue weighted by molar-refractivity contribution is 0.101. The van der Waals surface area contributed by atoms with E-state index in [0.29, 0.717) is 5.69 Å². The Hall–Kier alpha value is -1.64. The third-order valence-corrected chi connectivity index (χ3v) is 2.27. The number of carbonyl (C=O) groups excluding carboxylic acids is 1. The van der Waals surface area contributed by atoms with E-state index in [2.05, 4.69) is 4.98 Å². The van der Waals surface area contributed by atoms with Gasteiger partial charge in [-0.25, -0.2) is 4.39 Å². The topological polar surface area (TPSA) is 32.9 Å². The Kier molecular flexibility index (Phi) is 1.88. The van der Waals surface area contributed by atoms with E-state index in [0.717, 1.165) is 16.5 Å². The molecule has 14 heavy (non-hydrogen) atoms. The largest absolute Gasteiger partial charge is 0.352 e. The van der Waals surface area contributed by atoms with Crippen LogP contribution in [0.2, 0.25) is 0 Å². The Labute approximate surface area is 80.7 Å². The summed E-state index contributed by atoms with van der Waals surface area (Å²) < 4.78 is 13.0. The Morgan fingerprint density at radius 3 is 2.71 bits per heavy atom. The second kappa shape index (κ2) is 2.94. The highest BCUT2D eigenvalue weighted by Crippen LogP contribution is 2.20. The van der Waals surface area contributed by atoms with Crippen molar-refractivity contribution in [3.8, 4) is 0 Å². The molecule has 0 aliphatic carbocycles. The minimum atomic E-state index is -0.274. The molecule has 0 unspecified atom stereocenters. The van der Waals surface area contributed by atoms with Gasteiger partial charge in [0.25, 0.3) is 0 Å². The fourth-order valence-corrected chi connectivity index (χ4v) is 1.57. The highest BCUT2D eigenvalue weighted by atomic mass is 19.1. The van der Waals surface area contributed by atoms with Gasteiger partial charge < -0.3 is 4.98 Å². The van der Waals surface area contributed by atoms with Crippen molar-refractivity contribution in [3.05, 3.63) is 35.3 Å². The maximum atomic E-state index is 13.0. The molecule has 3 heteroatoms. The highest BCUT2D eigenvalue weighted by molar-refractivity contribution is 5.98. The molecule has 0 bridgehead atoms. The Morgan fingerprint density at radius 2 is 2.07 bits per heavy atom. The molecule has 1 N–H and O–H groups in total. The van der Waals surface area contributed by atoms with E-state index in [9.17, 15) is 9.18 Å². The number of fused-ring (bicyclic) bond motifs is 1. The van der Waals surface area contributed by atoms with Crippen LogP contribution >= 0.6 is 0 Å². The summed E-state index contributed by atoms with van der Waals surface area (Å²) in [6.07, 6.45) is 0. The van der Waals surface area contributed by atoms with Gasteiger partial charge in [-0.2, -0.15) is 0 Å². The SMILES string of the molecule is CC(=O)c1cc2cc(F)cc(C)c2[nH]1. The number of hydrogen-bond acceptors (Lipinski definition) is 1. The summed E-state index contributed by atoms with van der Waals surface area (Å²) in [4.78, 5) is 14.1. The van der Waals surface area contributed by atoms with Crippen LogP contribution in [-0.2, 0) is 0 Å². The summed E-state index contributed by atoms with van der Waals surface area (Å²) in [6, 6.07) is 4.54. The summed E-state index contributed by atoms with van der Waals surface area (Å²) in [7, 11) is 0. The van der Waals surface area contributed by atoms with E-state index in [1.165, 1.54) is 19.1 Å². The molecule has 0 aliphatic rings. The molecule has 1 heterocycles. The maximum Gasteiger partial charge on any atom is 0.175 e. The standard InChI is InChI=1S/C11H10FNO/c1-6-3-9(12)4-8-5-10(7(2)14)13-11(6)8/h3-5,13H,1-2H3. The van der Waals surface area contributed by atoms with Gasteiger partial charge in [0.15, 0.2) is 5.78 Å². The number of ketones is 1. The monoisotopic (exact) mass is 191 g/mol. The fraction of sp³-hybridized carbons (Fsp3) is 0.182. The maximum absolute atomic E-state index is 13.0. The van der Waals surface area contributed by atoms with Crippen LogP contribution in [0.25, 0.3) is 10.9 Å². The lowest BCUT2D eigenvalue weighted by Gasteiger charge is -1.95. The summed E-state index contributed by atoms with van der Waals surface area (Å²) in [5.74, 6) is -0.315. The van der Waals surface area contributed by atoms with Crippen LogP contribution in [0.1, 0.15) is 23.0 Å². The molecule has 72 valence electrons. The summed E-state index contributed by atoms with van der Waals surface area (Å²) in [5, 5.41) is 0.743. The van der Waals surface area contributed by atoms with Crippen LogP contribution in [0.4, 0.5) is 4.39 Å². The normalized spacial score (nSPS) is 10.8. The number of hydrogen-bond donors (Lipinski definition) is 1. The van der Waals surface area contributed by atoms with Crippen LogP contribution < -0.4 is 0 Å². The van der Waals surface area contributed by atoms with Gasteiger partial charge in [-0.1, -0.05) is 0 Å². The zero-order valence-corrected chi connectivity index (χ0v) is 8.02. The Balaban J connectivity index is 2.76. The lowest BCUT2D eigenvalue weighted by Crippen LogP contribution is -1.90. The second-order valence-corrected chi connectivity index (χ2v) is 3.43. The summed E-state index contributed by atoms with van der Waals surface area (Å²) >= 11 is 0. The molecular weight excluding hydrogens is 181 g/mol. The van der Waals surface area contributed by atoms with E-state index in [1.54, 1.807) is 6.07 Å². The molecule has 0 atom stereocenters. The predicted octanol–water partition coefficient (Wildman–Crippen LogP) is 2.82.